The van der Waals surface area contributed by atoms with E-state index < -0.39 is 36.5 Å². The molecular weight excluding hydrogens is 519 g/mol. The molecule has 1 aromatic heterocycles. The van der Waals surface area contributed by atoms with Crippen molar-refractivity contribution in [1.82, 2.24) is 20.1 Å². The molecule has 1 amide bonds. The summed E-state index contributed by atoms with van der Waals surface area (Å²) in [6.45, 7) is 6.64. The fourth-order valence-electron chi connectivity index (χ4n) is 5.82. The molecule has 2 aliphatic heterocycles. The van der Waals surface area contributed by atoms with Crippen LogP contribution < -0.4 is 5.32 Å². The summed E-state index contributed by atoms with van der Waals surface area (Å²) in [5.74, 6) is -0.803. The maximum Gasteiger partial charge on any atom is 0.237 e. The number of aryl methyl sites for hydroxylation is 1. The number of aliphatic hydroxyl groups excluding tert-OH is 3. The Morgan fingerprint density at radius 1 is 1.18 bits per heavy atom. The summed E-state index contributed by atoms with van der Waals surface area (Å²) in [5.41, 5.74) is 6.10. The molecule has 2 aliphatic rings. The zero-order valence-corrected chi connectivity index (χ0v) is 23.1. The molecule has 5 atom stereocenters. The standard InChI is InChI=1S/C29H35FN4O4S/c1-16(2)25(34-13-20-8-9-21(30)10-23(20)28(34)37)29(38)33-14-22(35)11-24(33)27(36)31-12-18-4-6-19(7-5-18)26-17(3)32-15-39-26/h4-10,15-16,22,24-25,28-29,35,37-38H,11-14H2,1-3H3,(H,31,36)/t22-,24+,25+,28?,29?/m1/s1. The largest absolute Gasteiger partial charge is 0.392 e. The molecule has 1 saturated heterocycles. The molecule has 4 N–H and O–H groups in total. The minimum atomic E-state index is -1.13. The van der Waals surface area contributed by atoms with Crippen molar-refractivity contribution in [3.8, 4) is 10.4 Å². The molecule has 0 bridgehead atoms. The first-order valence-electron chi connectivity index (χ1n) is 13.2. The number of aliphatic hydroxyl groups is 3. The van der Waals surface area contributed by atoms with Gasteiger partial charge in [0.25, 0.3) is 0 Å². The number of hydrogen-bond donors (Lipinski definition) is 4. The van der Waals surface area contributed by atoms with Crippen LogP contribution in [0.2, 0.25) is 0 Å². The Kier molecular flexibility index (Phi) is 8.14. The van der Waals surface area contributed by atoms with Crippen LogP contribution in [0.15, 0.2) is 48.0 Å². The Morgan fingerprint density at radius 2 is 1.92 bits per heavy atom. The summed E-state index contributed by atoms with van der Waals surface area (Å²) in [6.07, 6.45) is -2.77. The number of fused-ring (bicyclic) bond motifs is 1. The van der Waals surface area contributed by atoms with Gasteiger partial charge in [0.1, 0.15) is 18.3 Å². The average Bonchev–Trinajstić information content (AvgIpc) is 3.60. The van der Waals surface area contributed by atoms with E-state index in [0.29, 0.717) is 18.7 Å². The zero-order valence-electron chi connectivity index (χ0n) is 22.3. The molecule has 0 aliphatic carbocycles. The lowest BCUT2D eigenvalue weighted by Gasteiger charge is -2.41. The van der Waals surface area contributed by atoms with Crippen molar-refractivity contribution >= 4 is 17.2 Å². The van der Waals surface area contributed by atoms with Gasteiger partial charge >= 0.3 is 0 Å². The van der Waals surface area contributed by atoms with Crippen LogP contribution in [0.4, 0.5) is 4.39 Å². The smallest absolute Gasteiger partial charge is 0.237 e. The highest BCUT2D eigenvalue weighted by Gasteiger charge is 2.46. The van der Waals surface area contributed by atoms with Crippen molar-refractivity contribution in [2.75, 3.05) is 6.54 Å². The van der Waals surface area contributed by atoms with Gasteiger partial charge < -0.3 is 20.6 Å². The van der Waals surface area contributed by atoms with Gasteiger partial charge in [-0.15, -0.1) is 11.3 Å². The number of halogens is 1. The van der Waals surface area contributed by atoms with E-state index in [1.807, 2.05) is 50.5 Å². The summed E-state index contributed by atoms with van der Waals surface area (Å²) in [6, 6.07) is 11.0. The lowest BCUT2D eigenvalue weighted by Crippen LogP contribution is -2.57. The monoisotopic (exact) mass is 554 g/mol. The van der Waals surface area contributed by atoms with Crippen molar-refractivity contribution < 1.29 is 24.5 Å². The lowest BCUT2D eigenvalue weighted by atomic mass is 9.99. The molecular formula is C29H35FN4O4S. The molecule has 5 rings (SSSR count). The number of rotatable bonds is 8. The third-order valence-corrected chi connectivity index (χ3v) is 8.79. The van der Waals surface area contributed by atoms with Crippen LogP contribution in [-0.4, -0.2) is 67.0 Å². The normalized spacial score (nSPS) is 23.2. The molecule has 2 aromatic carbocycles. The average molecular weight is 555 g/mol. The van der Waals surface area contributed by atoms with Crippen LogP contribution in [0.5, 0.6) is 0 Å². The number of amides is 1. The number of thiazole rings is 1. The van der Waals surface area contributed by atoms with Gasteiger partial charge in [0.15, 0.2) is 0 Å². The number of aromatic nitrogens is 1. The van der Waals surface area contributed by atoms with Crippen molar-refractivity contribution in [2.24, 2.45) is 5.92 Å². The molecule has 0 spiro atoms. The fraction of sp³-hybridized carbons (Fsp3) is 0.448. The second kappa shape index (κ2) is 11.4. The van der Waals surface area contributed by atoms with Gasteiger partial charge in [-0.05, 0) is 48.1 Å². The highest BCUT2D eigenvalue weighted by atomic mass is 32.1. The first kappa shape index (κ1) is 27.8. The second-order valence-corrected chi connectivity index (χ2v) is 11.7. The Balaban J connectivity index is 1.27. The summed E-state index contributed by atoms with van der Waals surface area (Å²) < 4.78 is 13.8. The van der Waals surface area contributed by atoms with Gasteiger partial charge in [-0.1, -0.05) is 44.2 Å². The van der Waals surface area contributed by atoms with Crippen LogP contribution in [-0.2, 0) is 17.9 Å². The van der Waals surface area contributed by atoms with Crippen LogP contribution in [0, 0.1) is 18.7 Å². The topological polar surface area (TPSA) is 109 Å². The number of hydrogen-bond acceptors (Lipinski definition) is 8. The number of likely N-dealkylation sites (tertiary alicyclic amines) is 1. The summed E-state index contributed by atoms with van der Waals surface area (Å²) >= 11 is 1.59. The molecule has 208 valence electrons. The van der Waals surface area contributed by atoms with Gasteiger partial charge in [-0.2, -0.15) is 0 Å². The lowest BCUT2D eigenvalue weighted by molar-refractivity contribution is -0.143. The van der Waals surface area contributed by atoms with E-state index in [1.165, 1.54) is 12.1 Å². The summed E-state index contributed by atoms with van der Waals surface area (Å²) in [7, 11) is 0. The third kappa shape index (κ3) is 5.63. The molecule has 10 heteroatoms. The SMILES string of the molecule is Cc1ncsc1-c1ccc(CNC(=O)[C@@H]2C[C@@H](O)CN2C(O)[C@H](C(C)C)N2Cc3ccc(F)cc3C2O)cc1. The van der Waals surface area contributed by atoms with E-state index in [1.54, 1.807) is 27.2 Å². The second-order valence-electron chi connectivity index (χ2n) is 10.8. The Labute approximate surface area is 231 Å². The van der Waals surface area contributed by atoms with Gasteiger partial charge in [-0.25, -0.2) is 9.37 Å². The van der Waals surface area contributed by atoms with E-state index in [4.69, 9.17) is 0 Å². The summed E-state index contributed by atoms with van der Waals surface area (Å²) in [4.78, 5) is 22.1. The minimum Gasteiger partial charge on any atom is -0.392 e. The molecule has 2 unspecified atom stereocenters. The number of nitrogens with one attached hydrogen (secondary N) is 1. The first-order valence-corrected chi connectivity index (χ1v) is 14.1. The van der Waals surface area contributed by atoms with Crippen molar-refractivity contribution in [3.63, 3.8) is 0 Å². The van der Waals surface area contributed by atoms with E-state index in [2.05, 4.69) is 10.3 Å². The number of carbonyl (C=O) groups is 1. The summed E-state index contributed by atoms with van der Waals surface area (Å²) in [5, 5.41) is 36.0. The van der Waals surface area contributed by atoms with Crippen LogP contribution in [0.1, 0.15) is 48.9 Å². The van der Waals surface area contributed by atoms with Crippen LogP contribution in [0.25, 0.3) is 10.4 Å². The van der Waals surface area contributed by atoms with E-state index in [0.717, 1.165) is 27.3 Å². The van der Waals surface area contributed by atoms with E-state index in [-0.39, 0.29) is 24.8 Å². The highest BCUT2D eigenvalue weighted by molar-refractivity contribution is 7.13. The van der Waals surface area contributed by atoms with Gasteiger partial charge in [0, 0.05) is 25.2 Å². The van der Waals surface area contributed by atoms with E-state index in [9.17, 15) is 24.5 Å². The van der Waals surface area contributed by atoms with Gasteiger partial charge in [0.05, 0.1) is 34.3 Å². The Morgan fingerprint density at radius 3 is 2.59 bits per heavy atom. The molecule has 0 saturated carbocycles. The first-order chi connectivity index (χ1) is 18.6. The predicted molar refractivity (Wildman–Crippen MR) is 147 cm³/mol. The Bertz CT molecular complexity index is 1320. The molecule has 1 fully saturated rings. The maximum atomic E-state index is 13.8. The maximum absolute atomic E-state index is 13.8. The fourth-order valence-corrected chi connectivity index (χ4v) is 6.63. The van der Waals surface area contributed by atoms with Crippen molar-refractivity contribution in [2.45, 2.75) is 70.9 Å². The molecule has 8 nitrogen and oxygen atoms in total. The molecule has 3 heterocycles. The van der Waals surface area contributed by atoms with Crippen molar-refractivity contribution in [1.29, 1.82) is 0 Å². The number of nitrogens with zero attached hydrogens (tertiary/aromatic N) is 3. The number of β-amino-alcohol motifs (C(OH)–C–C–N with tert-alkyl or cyclic N) is 1. The van der Waals surface area contributed by atoms with E-state index >= 15 is 0 Å². The van der Waals surface area contributed by atoms with Gasteiger partial charge in [-0.3, -0.25) is 14.6 Å². The minimum absolute atomic E-state index is 0.101. The Hall–Kier alpha value is -2.73. The molecule has 39 heavy (non-hydrogen) atoms. The number of carbonyl (C=O) groups excluding carboxylic acids is 1. The van der Waals surface area contributed by atoms with Crippen LogP contribution in [0.3, 0.4) is 0 Å². The van der Waals surface area contributed by atoms with Crippen LogP contribution >= 0.6 is 11.3 Å². The zero-order chi connectivity index (χ0) is 27.8. The van der Waals surface area contributed by atoms with Crippen molar-refractivity contribution in [3.05, 3.63) is 76.2 Å². The van der Waals surface area contributed by atoms with Gasteiger partial charge in [0.2, 0.25) is 5.91 Å². The third-order valence-electron chi connectivity index (χ3n) is 7.81. The highest BCUT2D eigenvalue weighted by Crippen LogP contribution is 2.38. The quantitative estimate of drug-likeness (QED) is 0.339. The predicted octanol–water partition coefficient (Wildman–Crippen LogP) is 3.16. The number of benzene rings is 2. The molecule has 0 radical (unpaired) electrons. The molecule has 3 aromatic rings.